The maximum Gasteiger partial charge on any atom is 0.215 e. The highest BCUT2D eigenvalue weighted by atomic mass is 16.6. The number of aliphatic hydroxyl groups is 1. The standard InChI is InChI=1S/C16H17NO2/c1-12-10-14-15(17-12)8-5-9-16(14,18)19-11-13-6-3-2-4-7-13/h2-10,12,17-18H,11H2,1H3. The van der Waals surface area contributed by atoms with E-state index < -0.39 is 5.79 Å². The van der Waals surface area contributed by atoms with Crippen LogP contribution in [0, 0.1) is 0 Å². The van der Waals surface area contributed by atoms with E-state index >= 15 is 0 Å². The fraction of sp³-hybridized carbons (Fsp3) is 0.250. The van der Waals surface area contributed by atoms with Crippen molar-refractivity contribution in [3.8, 4) is 0 Å². The Morgan fingerprint density at radius 1 is 1.32 bits per heavy atom. The zero-order valence-electron chi connectivity index (χ0n) is 10.8. The number of rotatable bonds is 3. The van der Waals surface area contributed by atoms with Crippen molar-refractivity contribution in [1.29, 1.82) is 0 Å². The van der Waals surface area contributed by atoms with Crippen molar-refractivity contribution in [2.45, 2.75) is 25.4 Å². The Morgan fingerprint density at radius 2 is 2.11 bits per heavy atom. The van der Waals surface area contributed by atoms with Crippen LogP contribution in [0.2, 0.25) is 0 Å². The van der Waals surface area contributed by atoms with E-state index in [9.17, 15) is 5.11 Å². The monoisotopic (exact) mass is 255 g/mol. The van der Waals surface area contributed by atoms with Crippen molar-refractivity contribution in [1.82, 2.24) is 5.32 Å². The molecule has 0 bridgehead atoms. The van der Waals surface area contributed by atoms with Crippen molar-refractivity contribution in [2.24, 2.45) is 0 Å². The molecule has 1 aliphatic heterocycles. The SMILES string of the molecule is CC1C=C2C(=CC=CC2(O)OCc2ccccc2)N1. The second kappa shape index (κ2) is 4.68. The largest absolute Gasteiger partial charge is 0.379 e. The van der Waals surface area contributed by atoms with E-state index in [4.69, 9.17) is 4.74 Å². The molecule has 1 aromatic rings. The molecule has 0 amide bonds. The van der Waals surface area contributed by atoms with Crippen LogP contribution in [-0.4, -0.2) is 16.9 Å². The number of ether oxygens (including phenoxy) is 1. The van der Waals surface area contributed by atoms with Crippen LogP contribution in [0.15, 0.2) is 65.9 Å². The van der Waals surface area contributed by atoms with Gasteiger partial charge in [0.25, 0.3) is 0 Å². The topological polar surface area (TPSA) is 41.5 Å². The van der Waals surface area contributed by atoms with Gasteiger partial charge in [0.1, 0.15) is 0 Å². The van der Waals surface area contributed by atoms with Gasteiger partial charge >= 0.3 is 0 Å². The van der Waals surface area contributed by atoms with Crippen LogP contribution in [-0.2, 0) is 11.3 Å². The third-order valence-corrected chi connectivity index (χ3v) is 3.36. The Labute approximate surface area is 112 Å². The summed E-state index contributed by atoms with van der Waals surface area (Å²) >= 11 is 0. The van der Waals surface area contributed by atoms with E-state index in [2.05, 4.69) is 5.32 Å². The number of nitrogens with one attached hydrogen (secondary N) is 1. The summed E-state index contributed by atoms with van der Waals surface area (Å²) < 4.78 is 5.74. The third-order valence-electron chi connectivity index (χ3n) is 3.36. The summed E-state index contributed by atoms with van der Waals surface area (Å²) in [6.45, 7) is 2.42. The lowest BCUT2D eigenvalue weighted by Crippen LogP contribution is -2.35. The first kappa shape index (κ1) is 12.2. The van der Waals surface area contributed by atoms with Crippen molar-refractivity contribution in [3.05, 3.63) is 71.5 Å². The van der Waals surface area contributed by atoms with Gasteiger partial charge in [0.05, 0.1) is 6.61 Å². The number of allylic oxidation sites excluding steroid dienone is 2. The van der Waals surface area contributed by atoms with Crippen molar-refractivity contribution in [2.75, 3.05) is 0 Å². The second-order valence-corrected chi connectivity index (χ2v) is 4.92. The first-order valence-corrected chi connectivity index (χ1v) is 6.46. The molecule has 1 aromatic carbocycles. The fourth-order valence-corrected chi connectivity index (χ4v) is 2.41. The van der Waals surface area contributed by atoms with Gasteiger partial charge < -0.3 is 15.2 Å². The van der Waals surface area contributed by atoms with Crippen molar-refractivity contribution in [3.63, 3.8) is 0 Å². The average Bonchev–Trinajstić information content (AvgIpc) is 2.80. The first-order chi connectivity index (χ1) is 9.17. The van der Waals surface area contributed by atoms with Gasteiger partial charge in [-0.2, -0.15) is 0 Å². The van der Waals surface area contributed by atoms with Gasteiger partial charge in [-0.05, 0) is 24.6 Å². The lowest BCUT2D eigenvalue weighted by molar-refractivity contribution is -0.145. The molecule has 0 saturated heterocycles. The van der Waals surface area contributed by atoms with Crippen LogP contribution in [0.3, 0.4) is 0 Å². The molecule has 2 aliphatic rings. The molecule has 1 aliphatic carbocycles. The minimum absolute atomic E-state index is 0.216. The maximum absolute atomic E-state index is 10.7. The molecule has 19 heavy (non-hydrogen) atoms. The first-order valence-electron chi connectivity index (χ1n) is 6.46. The Balaban J connectivity index is 1.78. The minimum Gasteiger partial charge on any atom is -0.379 e. The molecular formula is C16H17NO2. The number of benzene rings is 1. The molecule has 2 unspecified atom stereocenters. The van der Waals surface area contributed by atoms with E-state index in [1.807, 2.05) is 55.5 Å². The molecule has 2 atom stereocenters. The van der Waals surface area contributed by atoms with Crippen LogP contribution < -0.4 is 5.32 Å². The molecule has 3 heteroatoms. The summed E-state index contributed by atoms with van der Waals surface area (Å²) in [5.41, 5.74) is 2.78. The number of hydrogen-bond donors (Lipinski definition) is 2. The summed E-state index contributed by atoms with van der Waals surface area (Å²) in [6.07, 6.45) is 7.46. The van der Waals surface area contributed by atoms with Crippen LogP contribution in [0.4, 0.5) is 0 Å². The highest BCUT2D eigenvalue weighted by Gasteiger charge is 2.37. The Morgan fingerprint density at radius 3 is 2.89 bits per heavy atom. The van der Waals surface area contributed by atoms with Gasteiger partial charge in [-0.25, -0.2) is 0 Å². The van der Waals surface area contributed by atoms with Gasteiger partial charge in [-0.3, -0.25) is 0 Å². The van der Waals surface area contributed by atoms with Gasteiger partial charge in [-0.15, -0.1) is 0 Å². The summed E-state index contributed by atoms with van der Waals surface area (Å²) in [7, 11) is 0. The van der Waals surface area contributed by atoms with Gasteiger partial charge in [-0.1, -0.05) is 42.5 Å². The van der Waals surface area contributed by atoms with Crippen LogP contribution in [0.5, 0.6) is 0 Å². The Bertz CT molecular complexity index is 559. The molecule has 0 fully saturated rings. The van der Waals surface area contributed by atoms with Crippen molar-refractivity contribution < 1.29 is 9.84 Å². The van der Waals surface area contributed by atoms with E-state index in [-0.39, 0.29) is 6.04 Å². The molecule has 0 saturated carbocycles. The number of hydrogen-bond acceptors (Lipinski definition) is 3. The Kier molecular flexibility index (Phi) is 3.01. The van der Waals surface area contributed by atoms with E-state index in [1.165, 1.54) is 0 Å². The smallest absolute Gasteiger partial charge is 0.215 e. The summed E-state index contributed by atoms with van der Waals surface area (Å²) in [4.78, 5) is 0. The zero-order valence-corrected chi connectivity index (χ0v) is 10.8. The van der Waals surface area contributed by atoms with Crippen LogP contribution in [0.25, 0.3) is 0 Å². The third kappa shape index (κ3) is 2.35. The fourth-order valence-electron chi connectivity index (χ4n) is 2.41. The lowest BCUT2D eigenvalue weighted by atomic mass is 9.98. The van der Waals surface area contributed by atoms with E-state index in [1.54, 1.807) is 6.08 Å². The molecule has 0 spiro atoms. The zero-order chi connectivity index (χ0) is 13.3. The predicted octanol–water partition coefficient (Wildman–Crippen LogP) is 2.26. The number of fused-ring (bicyclic) bond motifs is 1. The average molecular weight is 255 g/mol. The van der Waals surface area contributed by atoms with Crippen molar-refractivity contribution >= 4 is 0 Å². The minimum atomic E-state index is -1.34. The molecule has 2 N–H and O–H groups in total. The van der Waals surface area contributed by atoms with Gasteiger partial charge in [0.15, 0.2) is 0 Å². The van der Waals surface area contributed by atoms with Gasteiger partial charge in [0, 0.05) is 17.3 Å². The summed E-state index contributed by atoms with van der Waals surface area (Å²) in [6, 6.07) is 10.1. The predicted molar refractivity (Wildman–Crippen MR) is 74.1 cm³/mol. The molecule has 3 nitrogen and oxygen atoms in total. The molecule has 98 valence electrons. The summed E-state index contributed by atoms with van der Waals surface area (Å²) in [5, 5.41) is 13.9. The normalized spacial score (nSPS) is 28.4. The maximum atomic E-state index is 10.7. The van der Waals surface area contributed by atoms with Gasteiger partial charge in [0.2, 0.25) is 5.79 Å². The van der Waals surface area contributed by atoms with Crippen LogP contribution >= 0.6 is 0 Å². The molecule has 0 aromatic heterocycles. The Hall–Kier alpha value is -1.84. The molecule has 3 rings (SSSR count). The second-order valence-electron chi connectivity index (χ2n) is 4.92. The highest BCUT2D eigenvalue weighted by Crippen LogP contribution is 2.34. The van der Waals surface area contributed by atoms with E-state index in [0.717, 1.165) is 16.8 Å². The molecule has 1 heterocycles. The quantitative estimate of drug-likeness (QED) is 0.814. The molecule has 0 radical (unpaired) electrons. The summed E-state index contributed by atoms with van der Waals surface area (Å²) in [5.74, 6) is -1.34. The van der Waals surface area contributed by atoms with Crippen LogP contribution in [0.1, 0.15) is 12.5 Å². The van der Waals surface area contributed by atoms with E-state index in [0.29, 0.717) is 6.61 Å². The molecular weight excluding hydrogens is 238 g/mol. The lowest BCUT2D eigenvalue weighted by Gasteiger charge is -2.29. The highest BCUT2D eigenvalue weighted by molar-refractivity contribution is 5.49.